The molecule has 0 saturated heterocycles. The molecule has 0 radical (unpaired) electrons. The summed E-state index contributed by atoms with van der Waals surface area (Å²) < 4.78 is 5.69. The van der Waals surface area contributed by atoms with Crippen molar-refractivity contribution in [1.82, 2.24) is 9.97 Å². The first kappa shape index (κ1) is 13.6. The van der Waals surface area contributed by atoms with Crippen LogP contribution in [-0.4, -0.2) is 16.5 Å². The number of benzene rings is 1. The number of halogens is 1. The second-order valence-corrected chi connectivity index (χ2v) is 4.59. The van der Waals surface area contributed by atoms with E-state index in [1.165, 1.54) is 6.33 Å². The van der Waals surface area contributed by atoms with Crippen molar-refractivity contribution < 1.29 is 4.74 Å². The zero-order valence-electron chi connectivity index (χ0n) is 11.0. The first-order valence-electron chi connectivity index (χ1n) is 6.19. The highest BCUT2D eigenvalue weighted by Crippen LogP contribution is 2.25. The van der Waals surface area contributed by atoms with Gasteiger partial charge in [0, 0.05) is 17.6 Å². The molecule has 2 aromatic rings. The maximum Gasteiger partial charge on any atom is 0.224 e. The minimum absolute atomic E-state index is 0.510. The molecule has 0 bridgehead atoms. The molecule has 1 aromatic carbocycles. The van der Waals surface area contributed by atoms with Gasteiger partial charge in [0.2, 0.25) is 5.88 Å². The van der Waals surface area contributed by atoms with Gasteiger partial charge in [-0.2, -0.15) is 0 Å². The van der Waals surface area contributed by atoms with Crippen molar-refractivity contribution in [3.8, 4) is 11.6 Å². The number of nitrogens with zero attached hydrogens (tertiary/aromatic N) is 2. The highest BCUT2D eigenvalue weighted by Gasteiger charge is 2.03. The lowest BCUT2D eigenvalue weighted by Crippen LogP contribution is -2.02. The summed E-state index contributed by atoms with van der Waals surface area (Å²) in [6, 6.07) is 7.28. The molecular formula is C14H16ClN3O. The van der Waals surface area contributed by atoms with Crippen molar-refractivity contribution in [1.29, 1.82) is 0 Å². The van der Waals surface area contributed by atoms with E-state index in [-0.39, 0.29) is 0 Å². The Morgan fingerprint density at radius 1 is 1.26 bits per heavy atom. The smallest absolute Gasteiger partial charge is 0.224 e. The van der Waals surface area contributed by atoms with Crippen LogP contribution in [0.4, 0.5) is 5.82 Å². The van der Waals surface area contributed by atoms with Crippen LogP contribution in [-0.2, 0) is 0 Å². The molecule has 0 unspecified atom stereocenters. The van der Waals surface area contributed by atoms with Crippen molar-refractivity contribution in [2.24, 2.45) is 0 Å². The van der Waals surface area contributed by atoms with Crippen LogP contribution in [0.25, 0.3) is 0 Å². The molecule has 0 spiro atoms. The lowest BCUT2D eigenvalue weighted by molar-refractivity contribution is 0.461. The Bertz CT molecular complexity index is 560. The van der Waals surface area contributed by atoms with Crippen LogP contribution in [0.5, 0.6) is 11.6 Å². The van der Waals surface area contributed by atoms with Crippen LogP contribution < -0.4 is 10.1 Å². The lowest BCUT2D eigenvalue weighted by atomic mass is 10.2. The maximum atomic E-state index is 5.97. The summed E-state index contributed by atoms with van der Waals surface area (Å²) in [6.07, 6.45) is 2.52. The number of ether oxygens (including phenoxy) is 1. The van der Waals surface area contributed by atoms with Crippen LogP contribution in [0.15, 0.2) is 30.6 Å². The predicted molar refractivity (Wildman–Crippen MR) is 77.1 cm³/mol. The SMILES string of the molecule is CCCNc1cc(Oc2ccc(Cl)c(C)c2)ncn1. The average molecular weight is 278 g/mol. The third-order valence-corrected chi connectivity index (χ3v) is 2.97. The lowest BCUT2D eigenvalue weighted by Gasteiger charge is -2.08. The van der Waals surface area contributed by atoms with Gasteiger partial charge in [-0.25, -0.2) is 9.97 Å². The zero-order chi connectivity index (χ0) is 13.7. The monoisotopic (exact) mass is 277 g/mol. The normalized spacial score (nSPS) is 10.3. The summed E-state index contributed by atoms with van der Waals surface area (Å²) >= 11 is 5.97. The molecule has 4 nitrogen and oxygen atoms in total. The third kappa shape index (κ3) is 3.83. The van der Waals surface area contributed by atoms with E-state index < -0.39 is 0 Å². The van der Waals surface area contributed by atoms with Crippen molar-refractivity contribution in [3.05, 3.63) is 41.2 Å². The Morgan fingerprint density at radius 3 is 2.84 bits per heavy atom. The Morgan fingerprint density at radius 2 is 2.11 bits per heavy atom. The number of hydrogen-bond acceptors (Lipinski definition) is 4. The highest BCUT2D eigenvalue weighted by molar-refractivity contribution is 6.31. The van der Waals surface area contributed by atoms with Crippen molar-refractivity contribution in [2.45, 2.75) is 20.3 Å². The first-order chi connectivity index (χ1) is 9.19. The summed E-state index contributed by atoms with van der Waals surface area (Å²) in [5.41, 5.74) is 0.970. The largest absolute Gasteiger partial charge is 0.439 e. The first-order valence-corrected chi connectivity index (χ1v) is 6.56. The molecule has 5 heteroatoms. The van der Waals surface area contributed by atoms with Gasteiger partial charge in [-0.1, -0.05) is 18.5 Å². The number of nitrogens with one attached hydrogen (secondary N) is 1. The van der Waals surface area contributed by atoms with E-state index in [4.69, 9.17) is 16.3 Å². The summed E-state index contributed by atoms with van der Waals surface area (Å²) in [6.45, 7) is 4.90. The second kappa shape index (κ2) is 6.38. The maximum absolute atomic E-state index is 5.97. The Kier molecular flexibility index (Phi) is 4.58. The molecule has 19 heavy (non-hydrogen) atoms. The Hall–Kier alpha value is -1.81. The van der Waals surface area contributed by atoms with Gasteiger partial charge in [-0.05, 0) is 37.1 Å². The quantitative estimate of drug-likeness (QED) is 0.895. The van der Waals surface area contributed by atoms with E-state index >= 15 is 0 Å². The molecule has 1 N–H and O–H groups in total. The molecule has 0 amide bonds. The summed E-state index contributed by atoms with van der Waals surface area (Å²) in [7, 11) is 0. The number of aryl methyl sites for hydroxylation is 1. The van der Waals surface area contributed by atoms with Gasteiger partial charge < -0.3 is 10.1 Å². The van der Waals surface area contributed by atoms with Crippen molar-refractivity contribution in [2.75, 3.05) is 11.9 Å². The molecule has 1 aromatic heterocycles. The molecule has 0 aliphatic rings. The standard InChI is InChI=1S/C14H16ClN3O/c1-3-6-16-13-8-14(18-9-17-13)19-11-4-5-12(15)10(2)7-11/h4-5,7-9H,3,6H2,1-2H3,(H,16,17,18). The number of aromatic nitrogens is 2. The molecule has 0 saturated carbocycles. The van der Waals surface area contributed by atoms with Crippen molar-refractivity contribution in [3.63, 3.8) is 0 Å². The molecule has 0 fully saturated rings. The Balaban J connectivity index is 2.11. The number of anilines is 1. The number of hydrogen-bond donors (Lipinski definition) is 1. The average Bonchev–Trinajstić information content (AvgIpc) is 2.41. The van der Waals surface area contributed by atoms with Gasteiger partial charge in [0.1, 0.15) is 17.9 Å². The minimum Gasteiger partial charge on any atom is -0.439 e. The van der Waals surface area contributed by atoms with Gasteiger partial charge in [0.25, 0.3) is 0 Å². The molecular weight excluding hydrogens is 262 g/mol. The minimum atomic E-state index is 0.510. The fourth-order valence-electron chi connectivity index (χ4n) is 1.55. The fourth-order valence-corrected chi connectivity index (χ4v) is 1.66. The predicted octanol–water partition coefficient (Wildman–Crippen LogP) is 4.05. The molecule has 100 valence electrons. The molecule has 2 rings (SSSR count). The number of rotatable bonds is 5. The zero-order valence-corrected chi connectivity index (χ0v) is 11.7. The van der Waals surface area contributed by atoms with E-state index in [0.29, 0.717) is 11.6 Å². The van der Waals surface area contributed by atoms with Crippen LogP contribution >= 0.6 is 11.6 Å². The van der Waals surface area contributed by atoms with Gasteiger partial charge >= 0.3 is 0 Å². The highest BCUT2D eigenvalue weighted by atomic mass is 35.5. The summed E-state index contributed by atoms with van der Waals surface area (Å²) in [5.74, 6) is 1.98. The van der Waals surface area contributed by atoms with E-state index in [1.54, 1.807) is 6.07 Å². The summed E-state index contributed by atoms with van der Waals surface area (Å²) in [5, 5.41) is 3.91. The molecule has 0 aliphatic heterocycles. The summed E-state index contributed by atoms with van der Waals surface area (Å²) in [4.78, 5) is 8.22. The molecule has 0 aliphatic carbocycles. The van der Waals surface area contributed by atoms with E-state index in [9.17, 15) is 0 Å². The van der Waals surface area contributed by atoms with E-state index in [2.05, 4.69) is 22.2 Å². The van der Waals surface area contributed by atoms with Gasteiger partial charge in [-0.15, -0.1) is 0 Å². The second-order valence-electron chi connectivity index (χ2n) is 4.18. The van der Waals surface area contributed by atoms with E-state index in [0.717, 1.165) is 29.4 Å². The molecule has 0 atom stereocenters. The Labute approximate surface area is 117 Å². The van der Waals surface area contributed by atoms with Gasteiger partial charge in [0.05, 0.1) is 0 Å². The molecule has 1 heterocycles. The topological polar surface area (TPSA) is 47.0 Å². The third-order valence-electron chi connectivity index (χ3n) is 2.55. The van der Waals surface area contributed by atoms with E-state index in [1.807, 2.05) is 25.1 Å². The van der Waals surface area contributed by atoms with Crippen LogP contribution in [0.2, 0.25) is 5.02 Å². The van der Waals surface area contributed by atoms with Crippen LogP contribution in [0.3, 0.4) is 0 Å². The van der Waals surface area contributed by atoms with Crippen LogP contribution in [0, 0.1) is 6.92 Å². The van der Waals surface area contributed by atoms with Gasteiger partial charge in [-0.3, -0.25) is 0 Å². The van der Waals surface area contributed by atoms with Crippen molar-refractivity contribution >= 4 is 17.4 Å². The van der Waals surface area contributed by atoms with Crippen LogP contribution in [0.1, 0.15) is 18.9 Å². The van der Waals surface area contributed by atoms with Gasteiger partial charge in [0.15, 0.2) is 0 Å². The fraction of sp³-hybridized carbons (Fsp3) is 0.286.